The third kappa shape index (κ3) is 4.92. The van der Waals surface area contributed by atoms with Crippen LogP contribution in [0.1, 0.15) is 31.4 Å². The summed E-state index contributed by atoms with van der Waals surface area (Å²) in [6, 6.07) is 12.8. The molecule has 1 aliphatic heterocycles. The number of hydrogen-bond acceptors (Lipinski definition) is 5. The molecule has 6 heteroatoms. The molecular weight excluding hydrogens is 342 g/mol. The van der Waals surface area contributed by atoms with Gasteiger partial charge in [-0.3, -0.25) is 14.7 Å². The van der Waals surface area contributed by atoms with Gasteiger partial charge in [0.2, 0.25) is 5.91 Å². The number of aromatic nitrogens is 1. The highest BCUT2D eigenvalue weighted by molar-refractivity contribution is 5.92. The Morgan fingerprint density at radius 3 is 2.44 bits per heavy atom. The molecule has 2 heterocycles. The second kappa shape index (κ2) is 9.28. The molecule has 1 unspecified atom stereocenters. The van der Waals surface area contributed by atoms with Gasteiger partial charge in [-0.15, -0.1) is 0 Å². The molecule has 1 fully saturated rings. The molecule has 1 aliphatic rings. The lowest BCUT2D eigenvalue weighted by Crippen LogP contribution is -2.43. The van der Waals surface area contributed by atoms with Crippen LogP contribution in [-0.4, -0.2) is 41.5 Å². The van der Waals surface area contributed by atoms with Crippen molar-refractivity contribution in [3.63, 3.8) is 0 Å². The maximum absolute atomic E-state index is 12.6. The van der Waals surface area contributed by atoms with Crippen molar-refractivity contribution in [1.29, 1.82) is 0 Å². The zero-order valence-corrected chi connectivity index (χ0v) is 15.5. The first-order valence-electron chi connectivity index (χ1n) is 9.35. The van der Waals surface area contributed by atoms with Crippen LogP contribution in [0.25, 0.3) is 0 Å². The average Bonchev–Trinajstić information content (AvgIpc) is 2.70. The number of likely N-dealkylation sites (tertiary alicyclic amines) is 1. The molecule has 1 aromatic carbocycles. The second-order valence-electron chi connectivity index (χ2n) is 6.60. The third-order valence-electron chi connectivity index (χ3n) is 4.84. The van der Waals surface area contributed by atoms with Crippen molar-refractivity contribution in [2.24, 2.45) is 5.92 Å². The zero-order chi connectivity index (χ0) is 19.1. The summed E-state index contributed by atoms with van der Waals surface area (Å²) in [6.45, 7) is 3.52. The van der Waals surface area contributed by atoms with Crippen LogP contribution in [0.3, 0.4) is 0 Å². The minimum Gasteiger partial charge on any atom is -0.465 e. The van der Waals surface area contributed by atoms with Gasteiger partial charge in [-0.25, -0.2) is 4.79 Å². The summed E-state index contributed by atoms with van der Waals surface area (Å²) >= 11 is 0. The number of ether oxygens (including phenoxy) is 1. The molecule has 1 amide bonds. The van der Waals surface area contributed by atoms with Crippen molar-refractivity contribution < 1.29 is 14.3 Å². The smallest absolute Gasteiger partial charge is 0.327 e. The zero-order valence-electron chi connectivity index (χ0n) is 15.5. The summed E-state index contributed by atoms with van der Waals surface area (Å²) in [5.74, 6) is -0.273. The minimum absolute atomic E-state index is 0.0215. The molecule has 3 rings (SSSR count). The average molecular weight is 367 g/mol. The fraction of sp³-hybridized carbons (Fsp3) is 0.381. The molecule has 1 atom stereocenters. The number of esters is 1. The molecule has 1 N–H and O–H groups in total. The van der Waals surface area contributed by atoms with Crippen molar-refractivity contribution in [3.05, 3.63) is 60.4 Å². The van der Waals surface area contributed by atoms with Gasteiger partial charge in [-0.05, 0) is 37.5 Å². The van der Waals surface area contributed by atoms with Gasteiger partial charge in [-0.2, -0.15) is 0 Å². The highest BCUT2D eigenvalue weighted by atomic mass is 16.5. The first kappa shape index (κ1) is 19.0. The van der Waals surface area contributed by atoms with E-state index in [0.717, 1.165) is 11.3 Å². The largest absolute Gasteiger partial charge is 0.465 e. The Morgan fingerprint density at radius 1 is 1.15 bits per heavy atom. The van der Waals surface area contributed by atoms with E-state index in [4.69, 9.17) is 4.74 Å². The Morgan fingerprint density at radius 2 is 1.81 bits per heavy atom. The summed E-state index contributed by atoms with van der Waals surface area (Å²) in [7, 11) is 0. The molecule has 27 heavy (non-hydrogen) atoms. The van der Waals surface area contributed by atoms with E-state index in [1.165, 1.54) is 0 Å². The molecule has 1 saturated heterocycles. The SMILES string of the molecule is CCOC(=O)C(c1ccccc1)N1CCC(C(=O)Nc2ccncc2)CC1. The van der Waals surface area contributed by atoms with Crippen LogP contribution in [0, 0.1) is 5.92 Å². The number of benzene rings is 1. The number of carbonyl (C=O) groups excluding carboxylic acids is 2. The predicted octanol–water partition coefficient (Wildman–Crippen LogP) is 3.04. The maximum atomic E-state index is 12.6. The first-order valence-corrected chi connectivity index (χ1v) is 9.35. The van der Waals surface area contributed by atoms with Crippen molar-refractivity contribution >= 4 is 17.6 Å². The molecule has 1 aromatic heterocycles. The summed E-state index contributed by atoms with van der Waals surface area (Å²) in [6.07, 6.45) is 4.73. The van der Waals surface area contributed by atoms with Crippen LogP contribution in [0.2, 0.25) is 0 Å². The molecule has 142 valence electrons. The van der Waals surface area contributed by atoms with E-state index in [1.54, 1.807) is 24.5 Å². The fourth-order valence-corrected chi connectivity index (χ4v) is 3.45. The number of pyridine rings is 1. The molecule has 0 aliphatic carbocycles. The molecule has 0 spiro atoms. The standard InChI is InChI=1S/C21H25N3O3/c1-2-27-21(26)19(16-6-4-3-5-7-16)24-14-10-17(11-15-24)20(25)23-18-8-12-22-13-9-18/h3-9,12-13,17,19H,2,10-11,14-15H2,1H3,(H,22,23,25). The topological polar surface area (TPSA) is 71.5 Å². The Labute approximate surface area is 159 Å². The van der Waals surface area contributed by atoms with Gasteiger partial charge in [-0.1, -0.05) is 30.3 Å². The lowest BCUT2D eigenvalue weighted by molar-refractivity contribution is -0.150. The van der Waals surface area contributed by atoms with E-state index in [1.807, 2.05) is 37.3 Å². The second-order valence-corrected chi connectivity index (χ2v) is 6.60. The first-order chi connectivity index (χ1) is 13.2. The summed E-state index contributed by atoms with van der Waals surface area (Å²) in [5, 5.41) is 2.94. The lowest BCUT2D eigenvalue weighted by atomic mass is 9.93. The van der Waals surface area contributed by atoms with Gasteiger partial charge < -0.3 is 10.1 Å². The van der Waals surface area contributed by atoms with Gasteiger partial charge in [0.05, 0.1) is 6.61 Å². The lowest BCUT2D eigenvalue weighted by Gasteiger charge is -2.36. The number of piperidine rings is 1. The van der Waals surface area contributed by atoms with Gasteiger partial charge in [0.15, 0.2) is 0 Å². The summed E-state index contributed by atoms with van der Waals surface area (Å²) in [4.78, 5) is 31.1. The van der Waals surface area contributed by atoms with E-state index in [-0.39, 0.29) is 17.8 Å². The number of rotatable bonds is 6. The molecule has 6 nitrogen and oxygen atoms in total. The van der Waals surface area contributed by atoms with Crippen LogP contribution in [0.4, 0.5) is 5.69 Å². The van der Waals surface area contributed by atoms with Crippen molar-refractivity contribution in [1.82, 2.24) is 9.88 Å². The number of nitrogens with zero attached hydrogens (tertiary/aromatic N) is 2. The van der Waals surface area contributed by atoms with Gasteiger partial charge in [0.25, 0.3) is 0 Å². The molecular formula is C21H25N3O3. The van der Waals surface area contributed by atoms with Crippen molar-refractivity contribution in [2.75, 3.05) is 25.0 Å². The van der Waals surface area contributed by atoms with Gasteiger partial charge >= 0.3 is 5.97 Å². The van der Waals surface area contributed by atoms with Crippen LogP contribution >= 0.6 is 0 Å². The molecule has 0 bridgehead atoms. The van der Waals surface area contributed by atoms with Gasteiger partial charge in [0, 0.05) is 37.1 Å². The van der Waals surface area contributed by atoms with Crippen molar-refractivity contribution in [3.8, 4) is 0 Å². The fourth-order valence-electron chi connectivity index (χ4n) is 3.45. The quantitative estimate of drug-likeness (QED) is 0.795. The number of anilines is 1. The maximum Gasteiger partial charge on any atom is 0.327 e. The minimum atomic E-state index is -0.421. The van der Waals surface area contributed by atoms with Gasteiger partial charge in [0.1, 0.15) is 6.04 Å². The summed E-state index contributed by atoms with van der Waals surface area (Å²) < 4.78 is 5.30. The van der Waals surface area contributed by atoms with E-state index in [2.05, 4.69) is 15.2 Å². The number of nitrogens with one attached hydrogen (secondary N) is 1. The molecule has 0 saturated carbocycles. The van der Waals surface area contributed by atoms with E-state index in [9.17, 15) is 9.59 Å². The van der Waals surface area contributed by atoms with E-state index < -0.39 is 6.04 Å². The van der Waals surface area contributed by atoms with E-state index in [0.29, 0.717) is 32.5 Å². The van der Waals surface area contributed by atoms with Crippen molar-refractivity contribution in [2.45, 2.75) is 25.8 Å². The molecule has 0 radical (unpaired) electrons. The highest BCUT2D eigenvalue weighted by Gasteiger charge is 2.33. The predicted molar refractivity (Wildman–Crippen MR) is 103 cm³/mol. The van der Waals surface area contributed by atoms with Crippen LogP contribution in [0.15, 0.2) is 54.9 Å². The van der Waals surface area contributed by atoms with E-state index >= 15 is 0 Å². The summed E-state index contributed by atoms with van der Waals surface area (Å²) in [5.41, 5.74) is 1.68. The number of amides is 1. The Kier molecular flexibility index (Phi) is 6.54. The monoisotopic (exact) mass is 367 g/mol. The van der Waals surface area contributed by atoms with Crippen LogP contribution in [-0.2, 0) is 14.3 Å². The Balaban J connectivity index is 1.63. The molecule has 2 aromatic rings. The Hall–Kier alpha value is -2.73. The normalized spacial score (nSPS) is 16.5. The third-order valence-corrected chi connectivity index (χ3v) is 4.84. The Bertz CT molecular complexity index is 744. The number of carbonyl (C=O) groups is 2. The number of hydrogen-bond donors (Lipinski definition) is 1. The van der Waals surface area contributed by atoms with Crippen LogP contribution in [0.5, 0.6) is 0 Å². The highest BCUT2D eigenvalue weighted by Crippen LogP contribution is 2.28. The van der Waals surface area contributed by atoms with Crippen LogP contribution < -0.4 is 5.32 Å².